The Bertz CT molecular complexity index is 655. The number of anilines is 1. The molecule has 0 unspecified atom stereocenters. The van der Waals surface area contributed by atoms with Gasteiger partial charge in [-0.3, -0.25) is 4.72 Å². The van der Waals surface area contributed by atoms with Crippen LogP contribution in [0.2, 0.25) is 0 Å². The van der Waals surface area contributed by atoms with Gasteiger partial charge in [0.05, 0.1) is 5.39 Å². The summed E-state index contributed by atoms with van der Waals surface area (Å²) in [5.41, 5.74) is 1.53. The zero-order valence-corrected chi connectivity index (χ0v) is 14.0. The van der Waals surface area contributed by atoms with Crippen molar-refractivity contribution in [1.29, 1.82) is 0 Å². The maximum atomic E-state index is 4.51. The van der Waals surface area contributed by atoms with E-state index in [0.29, 0.717) is 11.5 Å². The fourth-order valence-electron chi connectivity index (χ4n) is 4.13. The average molecular weight is 317 g/mol. The molecule has 5 nitrogen and oxygen atoms in total. The molecule has 0 bridgehead atoms. The van der Waals surface area contributed by atoms with Crippen molar-refractivity contribution < 1.29 is 0 Å². The van der Waals surface area contributed by atoms with Gasteiger partial charge in [0.2, 0.25) is 0 Å². The Balaban J connectivity index is 1.38. The van der Waals surface area contributed by atoms with E-state index in [-0.39, 0.29) is 0 Å². The number of rotatable bonds is 5. The Hall–Kier alpha value is -1.27. The molecule has 2 fully saturated rings. The van der Waals surface area contributed by atoms with Crippen molar-refractivity contribution in [3.63, 3.8) is 0 Å². The lowest BCUT2D eigenvalue weighted by Crippen LogP contribution is -2.59. The molecule has 4 rings (SSSR count). The summed E-state index contributed by atoms with van der Waals surface area (Å²) in [6.45, 7) is 2.20. The smallest absolute Gasteiger partial charge is 0.142 e. The van der Waals surface area contributed by atoms with Gasteiger partial charge in [-0.25, -0.2) is 9.97 Å². The van der Waals surface area contributed by atoms with E-state index in [4.69, 9.17) is 0 Å². The minimum absolute atomic E-state index is 0.606. The first-order valence-electron chi connectivity index (χ1n) is 8.09. The van der Waals surface area contributed by atoms with Crippen LogP contribution in [0.25, 0.3) is 11.0 Å². The molecule has 0 aromatic carbocycles. The van der Waals surface area contributed by atoms with Crippen LogP contribution in [-0.4, -0.2) is 39.8 Å². The lowest BCUT2D eigenvalue weighted by atomic mass is 9.52. The van der Waals surface area contributed by atoms with E-state index in [0.717, 1.165) is 28.6 Å². The molecule has 0 atom stereocenters. The first-order valence-corrected chi connectivity index (χ1v) is 9.07. The Labute approximate surface area is 135 Å². The summed E-state index contributed by atoms with van der Waals surface area (Å²) in [6, 6.07) is 3.42. The number of aromatic amines is 1. The van der Waals surface area contributed by atoms with Gasteiger partial charge in [0.25, 0.3) is 0 Å². The number of aromatic nitrogens is 3. The summed E-state index contributed by atoms with van der Waals surface area (Å²) in [5.74, 6) is 2.21. The summed E-state index contributed by atoms with van der Waals surface area (Å²) >= 11 is 1.85. The molecule has 0 saturated heterocycles. The maximum Gasteiger partial charge on any atom is 0.142 e. The second kappa shape index (κ2) is 5.42. The van der Waals surface area contributed by atoms with E-state index in [1.54, 1.807) is 6.33 Å². The third-order valence-corrected chi connectivity index (χ3v) is 6.09. The van der Waals surface area contributed by atoms with E-state index in [9.17, 15) is 0 Å². The highest BCUT2D eigenvalue weighted by Crippen LogP contribution is 2.57. The highest BCUT2D eigenvalue weighted by Gasteiger charge is 2.54. The van der Waals surface area contributed by atoms with Crippen LogP contribution in [-0.2, 0) is 0 Å². The molecule has 2 N–H and O–H groups in total. The van der Waals surface area contributed by atoms with E-state index in [2.05, 4.69) is 44.6 Å². The molecule has 0 amide bonds. The molecule has 2 heterocycles. The lowest BCUT2D eigenvalue weighted by molar-refractivity contribution is -0.0112. The Morgan fingerprint density at radius 2 is 2.18 bits per heavy atom. The van der Waals surface area contributed by atoms with Crippen LogP contribution in [0.15, 0.2) is 18.6 Å². The van der Waals surface area contributed by atoms with Crippen molar-refractivity contribution in [1.82, 2.24) is 19.7 Å². The lowest BCUT2D eigenvalue weighted by Gasteiger charge is -2.59. The summed E-state index contributed by atoms with van der Waals surface area (Å²) in [6.07, 6.45) is 8.88. The topological polar surface area (TPSA) is 56.8 Å². The molecule has 2 aliphatic rings. The third-order valence-electron chi connectivity index (χ3n) is 5.31. The van der Waals surface area contributed by atoms with E-state index in [1.165, 1.54) is 25.7 Å². The predicted molar refractivity (Wildman–Crippen MR) is 92.0 cm³/mol. The summed E-state index contributed by atoms with van der Waals surface area (Å²) in [5, 5.41) is 1.12. The molecule has 2 saturated carbocycles. The number of hydrogen-bond acceptors (Lipinski definition) is 5. The minimum atomic E-state index is 0.606. The zero-order valence-electron chi connectivity index (χ0n) is 13.2. The van der Waals surface area contributed by atoms with Gasteiger partial charge in [-0.1, -0.05) is 18.9 Å². The van der Waals surface area contributed by atoms with Crippen LogP contribution in [0.5, 0.6) is 0 Å². The quantitative estimate of drug-likeness (QED) is 0.830. The Morgan fingerprint density at radius 3 is 2.95 bits per heavy atom. The van der Waals surface area contributed by atoms with E-state index in [1.807, 2.05) is 18.1 Å². The second-order valence-electron chi connectivity index (χ2n) is 6.77. The normalized spacial score (nSPS) is 30.3. The van der Waals surface area contributed by atoms with Crippen molar-refractivity contribution in [2.24, 2.45) is 5.41 Å². The predicted octanol–water partition coefficient (Wildman–Crippen LogP) is 2.96. The molecule has 1 spiro atoms. The average Bonchev–Trinajstić information content (AvgIpc) is 2.91. The number of nitrogens with one attached hydrogen (secondary N) is 2. The Morgan fingerprint density at radius 1 is 1.36 bits per heavy atom. The van der Waals surface area contributed by atoms with Crippen LogP contribution >= 0.6 is 11.9 Å². The molecule has 2 aromatic rings. The number of hydrogen-bond donors (Lipinski definition) is 2. The van der Waals surface area contributed by atoms with Gasteiger partial charge in [0.1, 0.15) is 17.8 Å². The molecular formula is C16H23N5S. The summed E-state index contributed by atoms with van der Waals surface area (Å²) < 4.78 is 3.57. The zero-order chi connectivity index (χ0) is 15.2. The van der Waals surface area contributed by atoms with Crippen molar-refractivity contribution in [3.8, 4) is 0 Å². The second-order valence-corrected chi connectivity index (χ2v) is 7.87. The molecule has 22 heavy (non-hydrogen) atoms. The maximum absolute atomic E-state index is 4.51. The molecule has 2 aromatic heterocycles. The SMILES string of the molecule is CCSNC1CC2(C1)CC(N(C)c1ncnc3[nH]ccc13)C2. The molecule has 2 aliphatic carbocycles. The third kappa shape index (κ3) is 2.29. The Kier molecular flexibility index (Phi) is 3.53. The van der Waals surface area contributed by atoms with Gasteiger partial charge in [-0.05, 0) is 37.2 Å². The van der Waals surface area contributed by atoms with E-state index >= 15 is 0 Å². The van der Waals surface area contributed by atoms with Gasteiger partial charge in [-0.2, -0.15) is 0 Å². The standard InChI is InChI=1S/C16H23N5S/c1-3-22-20-11-6-16(7-11)8-12(9-16)21(2)15-13-4-5-17-14(13)18-10-19-15/h4-5,10-12,20H,3,6-9H2,1-2H3,(H,17,18,19). The summed E-state index contributed by atoms with van der Waals surface area (Å²) in [7, 11) is 2.17. The van der Waals surface area contributed by atoms with E-state index < -0.39 is 0 Å². The van der Waals surface area contributed by atoms with Gasteiger partial charge in [0.15, 0.2) is 0 Å². The molecule has 118 valence electrons. The molecule has 0 aliphatic heterocycles. The van der Waals surface area contributed by atoms with Crippen LogP contribution in [0.3, 0.4) is 0 Å². The minimum Gasteiger partial charge on any atom is -0.356 e. The highest BCUT2D eigenvalue weighted by molar-refractivity contribution is 7.97. The van der Waals surface area contributed by atoms with Crippen LogP contribution in [0.4, 0.5) is 5.82 Å². The van der Waals surface area contributed by atoms with Crippen molar-refractivity contribution in [2.45, 2.75) is 44.7 Å². The van der Waals surface area contributed by atoms with Crippen molar-refractivity contribution in [2.75, 3.05) is 17.7 Å². The van der Waals surface area contributed by atoms with Crippen molar-refractivity contribution in [3.05, 3.63) is 18.6 Å². The fourth-order valence-corrected chi connectivity index (χ4v) is 4.70. The van der Waals surface area contributed by atoms with Crippen molar-refractivity contribution >= 4 is 28.8 Å². The van der Waals surface area contributed by atoms with Gasteiger partial charge in [-0.15, -0.1) is 0 Å². The highest BCUT2D eigenvalue weighted by atomic mass is 32.2. The van der Waals surface area contributed by atoms with Crippen LogP contribution in [0.1, 0.15) is 32.6 Å². The first-order chi connectivity index (χ1) is 10.7. The largest absolute Gasteiger partial charge is 0.356 e. The molecule has 0 radical (unpaired) electrons. The van der Waals surface area contributed by atoms with Gasteiger partial charge < -0.3 is 9.88 Å². The van der Waals surface area contributed by atoms with Gasteiger partial charge in [0, 0.05) is 31.1 Å². The van der Waals surface area contributed by atoms with Gasteiger partial charge >= 0.3 is 0 Å². The number of fused-ring (bicyclic) bond motifs is 1. The fraction of sp³-hybridized carbons (Fsp3) is 0.625. The molecule has 6 heteroatoms. The number of H-pyrrole nitrogens is 1. The monoisotopic (exact) mass is 317 g/mol. The molecular weight excluding hydrogens is 294 g/mol. The number of nitrogens with zero attached hydrogens (tertiary/aromatic N) is 3. The van der Waals surface area contributed by atoms with Crippen LogP contribution in [0, 0.1) is 5.41 Å². The summed E-state index contributed by atoms with van der Waals surface area (Å²) in [4.78, 5) is 14.3. The first kappa shape index (κ1) is 14.3. The van der Waals surface area contributed by atoms with Crippen LogP contribution < -0.4 is 9.62 Å².